The standard InChI is InChI=1S/C13H12F5NO/c14-12(15)5-9(6-12)11(20)19-7-8-2-1-3-10(4-8)13(16,17)18/h1-4,9H,5-7H2,(H,19,20). The Labute approximate surface area is 112 Å². The van der Waals surface area contributed by atoms with Crippen molar-refractivity contribution < 1.29 is 26.7 Å². The summed E-state index contributed by atoms with van der Waals surface area (Å²) in [7, 11) is 0. The van der Waals surface area contributed by atoms with Gasteiger partial charge in [-0.1, -0.05) is 12.1 Å². The Morgan fingerprint density at radius 1 is 1.30 bits per heavy atom. The molecule has 0 saturated heterocycles. The zero-order chi connectivity index (χ0) is 15.0. The number of rotatable bonds is 3. The van der Waals surface area contributed by atoms with Gasteiger partial charge in [-0.05, 0) is 17.7 Å². The number of hydrogen-bond acceptors (Lipinski definition) is 1. The van der Waals surface area contributed by atoms with Crippen LogP contribution in [0.25, 0.3) is 0 Å². The molecule has 1 amide bonds. The molecular weight excluding hydrogens is 281 g/mol. The van der Waals surface area contributed by atoms with Crippen LogP contribution in [0.1, 0.15) is 24.0 Å². The van der Waals surface area contributed by atoms with Crippen LogP contribution in [0.3, 0.4) is 0 Å². The van der Waals surface area contributed by atoms with Crippen LogP contribution in [0.5, 0.6) is 0 Å². The highest BCUT2D eigenvalue weighted by Crippen LogP contribution is 2.42. The zero-order valence-corrected chi connectivity index (χ0v) is 10.3. The average molecular weight is 293 g/mol. The van der Waals surface area contributed by atoms with E-state index in [1.54, 1.807) is 0 Å². The maximum absolute atomic E-state index is 12.6. The van der Waals surface area contributed by atoms with E-state index in [0.717, 1.165) is 12.1 Å². The highest BCUT2D eigenvalue weighted by atomic mass is 19.4. The van der Waals surface area contributed by atoms with Gasteiger partial charge in [-0.3, -0.25) is 4.79 Å². The monoisotopic (exact) mass is 293 g/mol. The second-order valence-electron chi connectivity index (χ2n) is 4.88. The molecule has 1 aromatic carbocycles. The van der Waals surface area contributed by atoms with Crippen molar-refractivity contribution >= 4 is 5.91 Å². The van der Waals surface area contributed by atoms with Crippen LogP contribution < -0.4 is 5.32 Å². The number of amides is 1. The minimum absolute atomic E-state index is 0.106. The molecule has 1 aliphatic carbocycles. The van der Waals surface area contributed by atoms with Crippen LogP contribution in [0, 0.1) is 5.92 Å². The molecule has 20 heavy (non-hydrogen) atoms. The zero-order valence-electron chi connectivity index (χ0n) is 10.3. The highest BCUT2D eigenvalue weighted by Gasteiger charge is 2.48. The van der Waals surface area contributed by atoms with Crippen molar-refractivity contribution in [3.8, 4) is 0 Å². The molecule has 2 nitrogen and oxygen atoms in total. The summed E-state index contributed by atoms with van der Waals surface area (Å²) in [6, 6.07) is 4.53. The van der Waals surface area contributed by atoms with Crippen LogP contribution in [0.15, 0.2) is 24.3 Å². The molecule has 0 aliphatic heterocycles. The summed E-state index contributed by atoms with van der Waals surface area (Å²) in [6.07, 6.45) is -5.45. The molecule has 1 saturated carbocycles. The maximum Gasteiger partial charge on any atom is 0.416 e. The average Bonchev–Trinajstić information content (AvgIpc) is 2.32. The SMILES string of the molecule is O=C(NCc1cccc(C(F)(F)F)c1)C1CC(F)(F)C1. The van der Waals surface area contributed by atoms with Crippen molar-refractivity contribution in [1.82, 2.24) is 5.32 Å². The predicted molar refractivity (Wildman–Crippen MR) is 61.0 cm³/mol. The second kappa shape index (κ2) is 5.03. The Kier molecular flexibility index (Phi) is 3.71. The van der Waals surface area contributed by atoms with Crippen LogP contribution in [0.4, 0.5) is 22.0 Å². The summed E-state index contributed by atoms with van der Waals surface area (Å²) in [5.41, 5.74) is -0.529. The van der Waals surface area contributed by atoms with E-state index >= 15 is 0 Å². The third kappa shape index (κ3) is 3.46. The number of carbonyl (C=O) groups is 1. The molecule has 0 unspecified atom stereocenters. The van der Waals surface area contributed by atoms with Crippen LogP contribution in [-0.2, 0) is 17.5 Å². The molecule has 7 heteroatoms. The summed E-state index contributed by atoms with van der Waals surface area (Å²) in [5.74, 6) is -4.10. The van der Waals surface area contributed by atoms with Gasteiger partial charge in [0.25, 0.3) is 0 Å². The Hall–Kier alpha value is -1.66. The minimum atomic E-state index is -4.45. The lowest BCUT2D eigenvalue weighted by Gasteiger charge is -2.33. The Morgan fingerprint density at radius 2 is 1.95 bits per heavy atom. The van der Waals surface area contributed by atoms with Gasteiger partial charge >= 0.3 is 6.18 Å². The third-order valence-corrected chi connectivity index (χ3v) is 3.18. The van der Waals surface area contributed by atoms with Gasteiger partial charge < -0.3 is 5.32 Å². The fourth-order valence-electron chi connectivity index (χ4n) is 2.04. The van der Waals surface area contributed by atoms with Crippen molar-refractivity contribution in [3.05, 3.63) is 35.4 Å². The van der Waals surface area contributed by atoms with Gasteiger partial charge in [0.1, 0.15) is 0 Å². The molecule has 0 radical (unpaired) electrons. The van der Waals surface area contributed by atoms with Gasteiger partial charge in [0, 0.05) is 25.3 Å². The summed E-state index contributed by atoms with van der Waals surface area (Å²) in [4.78, 5) is 11.5. The Bertz CT molecular complexity index is 504. The molecule has 0 spiro atoms. The van der Waals surface area contributed by atoms with Crippen molar-refractivity contribution in [2.45, 2.75) is 31.5 Å². The number of carbonyl (C=O) groups excluding carboxylic acids is 1. The van der Waals surface area contributed by atoms with Crippen LogP contribution in [0.2, 0.25) is 0 Å². The molecule has 2 rings (SSSR count). The normalized spacial score (nSPS) is 18.4. The van der Waals surface area contributed by atoms with Crippen molar-refractivity contribution in [1.29, 1.82) is 0 Å². The maximum atomic E-state index is 12.6. The molecular formula is C13H12F5NO. The third-order valence-electron chi connectivity index (χ3n) is 3.18. The molecule has 0 atom stereocenters. The number of nitrogens with one attached hydrogen (secondary N) is 1. The fraction of sp³-hybridized carbons (Fsp3) is 0.462. The van der Waals surface area contributed by atoms with E-state index in [4.69, 9.17) is 0 Å². The molecule has 110 valence electrons. The van der Waals surface area contributed by atoms with Gasteiger partial charge in [0.15, 0.2) is 0 Å². The largest absolute Gasteiger partial charge is 0.416 e. The summed E-state index contributed by atoms with van der Waals surface area (Å²) in [5, 5.41) is 2.38. The minimum Gasteiger partial charge on any atom is -0.352 e. The quantitative estimate of drug-likeness (QED) is 0.851. The van der Waals surface area contributed by atoms with Gasteiger partial charge in [-0.15, -0.1) is 0 Å². The first-order valence-electron chi connectivity index (χ1n) is 5.99. The number of alkyl halides is 5. The van der Waals surface area contributed by atoms with E-state index in [-0.39, 0.29) is 12.1 Å². The molecule has 1 aliphatic rings. The summed E-state index contributed by atoms with van der Waals surface area (Å²) in [6.45, 7) is -0.106. The van der Waals surface area contributed by atoms with Gasteiger partial charge in [-0.25, -0.2) is 8.78 Å². The van der Waals surface area contributed by atoms with Crippen molar-refractivity contribution in [2.24, 2.45) is 5.92 Å². The Balaban J connectivity index is 1.90. The van der Waals surface area contributed by atoms with E-state index in [2.05, 4.69) is 5.32 Å². The van der Waals surface area contributed by atoms with Gasteiger partial charge in [-0.2, -0.15) is 13.2 Å². The molecule has 0 aromatic heterocycles. The smallest absolute Gasteiger partial charge is 0.352 e. The highest BCUT2D eigenvalue weighted by molar-refractivity contribution is 5.79. The first-order chi connectivity index (χ1) is 9.17. The number of hydrogen-bond donors (Lipinski definition) is 1. The van der Waals surface area contributed by atoms with Crippen LogP contribution >= 0.6 is 0 Å². The fourth-order valence-corrected chi connectivity index (χ4v) is 2.04. The van der Waals surface area contributed by atoms with E-state index in [1.807, 2.05) is 0 Å². The number of halogens is 5. The first-order valence-corrected chi connectivity index (χ1v) is 5.99. The number of benzene rings is 1. The van der Waals surface area contributed by atoms with Gasteiger partial charge in [0.05, 0.1) is 5.56 Å². The molecule has 1 fully saturated rings. The summed E-state index contributed by atoms with van der Waals surface area (Å²) >= 11 is 0. The molecule has 0 bridgehead atoms. The second-order valence-corrected chi connectivity index (χ2v) is 4.88. The van der Waals surface area contributed by atoms with Crippen molar-refractivity contribution in [2.75, 3.05) is 0 Å². The first kappa shape index (κ1) is 14.7. The molecule has 1 aromatic rings. The van der Waals surface area contributed by atoms with E-state index in [9.17, 15) is 26.7 Å². The van der Waals surface area contributed by atoms with E-state index < -0.39 is 42.3 Å². The molecule has 0 heterocycles. The van der Waals surface area contributed by atoms with Crippen molar-refractivity contribution in [3.63, 3.8) is 0 Å². The van der Waals surface area contributed by atoms with E-state index in [1.165, 1.54) is 12.1 Å². The lowest BCUT2D eigenvalue weighted by Crippen LogP contribution is -2.44. The lowest BCUT2D eigenvalue weighted by atomic mass is 9.81. The summed E-state index contributed by atoms with van der Waals surface area (Å²) < 4.78 is 62.6. The Morgan fingerprint density at radius 3 is 2.50 bits per heavy atom. The predicted octanol–water partition coefficient (Wildman–Crippen LogP) is 3.37. The topological polar surface area (TPSA) is 29.1 Å². The molecule has 1 N–H and O–H groups in total. The lowest BCUT2D eigenvalue weighted by molar-refractivity contribution is -0.150. The van der Waals surface area contributed by atoms with E-state index in [0.29, 0.717) is 0 Å². The van der Waals surface area contributed by atoms with Crippen LogP contribution in [-0.4, -0.2) is 11.8 Å². The van der Waals surface area contributed by atoms with Gasteiger partial charge in [0.2, 0.25) is 11.8 Å².